The van der Waals surface area contributed by atoms with E-state index in [9.17, 15) is 9.18 Å². The fourth-order valence-electron chi connectivity index (χ4n) is 3.08. The van der Waals surface area contributed by atoms with Gasteiger partial charge in [-0.1, -0.05) is 18.2 Å². The SMILES string of the molecule is COc1ccccc1C1(C(=O)Nc2ccn(-c3cncc(F)c3)n2)CC1. The van der Waals surface area contributed by atoms with E-state index in [1.54, 1.807) is 19.4 Å². The molecule has 6 nitrogen and oxygen atoms in total. The Morgan fingerprint density at radius 1 is 1.27 bits per heavy atom. The summed E-state index contributed by atoms with van der Waals surface area (Å²) >= 11 is 0. The Morgan fingerprint density at radius 3 is 2.81 bits per heavy atom. The van der Waals surface area contributed by atoms with Gasteiger partial charge in [-0.15, -0.1) is 0 Å². The summed E-state index contributed by atoms with van der Waals surface area (Å²) in [7, 11) is 1.60. The number of rotatable bonds is 5. The zero-order valence-electron chi connectivity index (χ0n) is 14.1. The lowest BCUT2D eigenvalue weighted by molar-refractivity contribution is -0.118. The average molecular weight is 352 g/mol. The van der Waals surface area contributed by atoms with Gasteiger partial charge in [0.1, 0.15) is 11.6 Å². The van der Waals surface area contributed by atoms with Crippen LogP contribution in [0.25, 0.3) is 5.69 Å². The van der Waals surface area contributed by atoms with Gasteiger partial charge in [-0.3, -0.25) is 9.78 Å². The third kappa shape index (κ3) is 2.81. The lowest BCUT2D eigenvalue weighted by Gasteiger charge is -2.17. The third-order valence-corrected chi connectivity index (χ3v) is 4.59. The van der Waals surface area contributed by atoms with Crippen LogP contribution in [0.4, 0.5) is 10.2 Å². The molecule has 1 amide bonds. The first-order chi connectivity index (χ1) is 12.6. The van der Waals surface area contributed by atoms with E-state index in [0.29, 0.717) is 17.3 Å². The van der Waals surface area contributed by atoms with E-state index in [-0.39, 0.29) is 5.91 Å². The monoisotopic (exact) mass is 352 g/mol. The highest BCUT2D eigenvalue weighted by Crippen LogP contribution is 2.51. The van der Waals surface area contributed by atoms with Crippen LogP contribution in [0, 0.1) is 5.82 Å². The Hall–Kier alpha value is -3.22. The second-order valence-corrected chi connectivity index (χ2v) is 6.24. The lowest BCUT2D eigenvalue weighted by Crippen LogP contribution is -2.28. The van der Waals surface area contributed by atoms with Gasteiger partial charge in [-0.25, -0.2) is 9.07 Å². The Kier molecular flexibility index (Phi) is 3.91. The number of nitrogens with zero attached hydrogens (tertiary/aromatic N) is 3. The molecule has 0 saturated heterocycles. The van der Waals surface area contributed by atoms with E-state index < -0.39 is 11.2 Å². The van der Waals surface area contributed by atoms with Crippen molar-refractivity contribution in [2.45, 2.75) is 18.3 Å². The standard InChI is InChI=1S/C19H17FN4O2/c1-26-16-5-3-2-4-15(16)19(7-8-19)18(25)22-17-6-9-24(23-17)14-10-13(20)11-21-12-14/h2-6,9-12H,7-8H2,1H3,(H,22,23,25). The van der Waals surface area contributed by atoms with Gasteiger partial charge in [-0.2, -0.15) is 5.10 Å². The molecule has 0 atom stereocenters. The van der Waals surface area contributed by atoms with Gasteiger partial charge < -0.3 is 10.1 Å². The fourth-order valence-corrected chi connectivity index (χ4v) is 3.08. The van der Waals surface area contributed by atoms with Crippen LogP contribution in [-0.4, -0.2) is 27.8 Å². The van der Waals surface area contributed by atoms with Gasteiger partial charge in [0.2, 0.25) is 5.91 Å². The zero-order valence-corrected chi connectivity index (χ0v) is 14.1. The van der Waals surface area contributed by atoms with Crippen molar-refractivity contribution in [1.82, 2.24) is 14.8 Å². The Morgan fingerprint density at radius 2 is 2.08 bits per heavy atom. The molecule has 132 valence electrons. The van der Waals surface area contributed by atoms with Gasteiger partial charge in [-0.05, 0) is 18.9 Å². The molecule has 0 spiro atoms. The van der Waals surface area contributed by atoms with Gasteiger partial charge in [0, 0.05) is 23.9 Å². The number of halogens is 1. The van der Waals surface area contributed by atoms with Crippen molar-refractivity contribution >= 4 is 11.7 Å². The number of hydrogen-bond acceptors (Lipinski definition) is 4. The molecule has 2 heterocycles. The number of carbonyl (C=O) groups excluding carboxylic acids is 1. The number of ether oxygens (including phenoxy) is 1. The fraction of sp³-hybridized carbons (Fsp3) is 0.211. The summed E-state index contributed by atoms with van der Waals surface area (Å²) in [5, 5.41) is 7.14. The number of amides is 1. The molecule has 0 bridgehead atoms. The van der Waals surface area contributed by atoms with Crippen LogP contribution < -0.4 is 10.1 Å². The molecule has 1 N–H and O–H groups in total. The maximum atomic E-state index is 13.3. The number of hydrogen-bond donors (Lipinski definition) is 1. The first-order valence-corrected chi connectivity index (χ1v) is 8.24. The van der Waals surface area contributed by atoms with Gasteiger partial charge in [0.15, 0.2) is 5.82 Å². The molecule has 3 aromatic rings. The second kappa shape index (κ2) is 6.25. The summed E-state index contributed by atoms with van der Waals surface area (Å²) in [5.41, 5.74) is 0.779. The molecule has 2 aromatic heterocycles. The van der Waals surface area contributed by atoms with Crippen molar-refractivity contribution in [3.8, 4) is 11.4 Å². The quantitative estimate of drug-likeness (QED) is 0.766. The molecule has 0 unspecified atom stereocenters. The van der Waals surface area contributed by atoms with Crippen molar-refractivity contribution in [2.24, 2.45) is 0 Å². The van der Waals surface area contributed by atoms with Crippen LogP contribution in [0.2, 0.25) is 0 Å². The number of para-hydroxylation sites is 1. The average Bonchev–Trinajstić information content (AvgIpc) is 3.35. The van der Waals surface area contributed by atoms with E-state index in [2.05, 4.69) is 15.4 Å². The number of nitrogens with one attached hydrogen (secondary N) is 1. The predicted octanol–water partition coefficient (Wildman–Crippen LogP) is 3.09. The minimum Gasteiger partial charge on any atom is -0.496 e. The molecule has 26 heavy (non-hydrogen) atoms. The molecule has 0 aliphatic heterocycles. The maximum Gasteiger partial charge on any atom is 0.236 e. The molecule has 7 heteroatoms. The first kappa shape index (κ1) is 16.3. The minimum absolute atomic E-state index is 0.121. The molecule has 1 fully saturated rings. The Labute approximate surface area is 149 Å². The molecule has 0 radical (unpaired) electrons. The number of benzene rings is 1. The van der Waals surface area contributed by atoms with E-state index >= 15 is 0 Å². The predicted molar refractivity (Wildman–Crippen MR) is 93.9 cm³/mol. The lowest BCUT2D eigenvalue weighted by atomic mass is 9.94. The van der Waals surface area contributed by atoms with Crippen LogP contribution in [0.15, 0.2) is 55.0 Å². The summed E-state index contributed by atoms with van der Waals surface area (Å²) in [6.07, 6.45) is 5.79. The number of anilines is 1. The van der Waals surface area contributed by atoms with Crippen LogP contribution in [0.1, 0.15) is 18.4 Å². The smallest absolute Gasteiger partial charge is 0.236 e. The number of methoxy groups -OCH3 is 1. The van der Waals surface area contributed by atoms with Crippen molar-refractivity contribution in [3.05, 3.63) is 66.4 Å². The highest BCUT2D eigenvalue weighted by molar-refractivity contribution is 6.01. The highest BCUT2D eigenvalue weighted by Gasteiger charge is 2.53. The summed E-state index contributed by atoms with van der Waals surface area (Å²) in [4.78, 5) is 16.7. The summed E-state index contributed by atoms with van der Waals surface area (Å²) in [6, 6.07) is 10.5. The Bertz CT molecular complexity index is 965. The zero-order chi connectivity index (χ0) is 18.1. The van der Waals surface area contributed by atoms with E-state index in [1.807, 2.05) is 24.3 Å². The highest BCUT2D eigenvalue weighted by atomic mass is 19.1. The number of carbonyl (C=O) groups is 1. The van der Waals surface area contributed by atoms with Gasteiger partial charge in [0.25, 0.3) is 0 Å². The van der Waals surface area contributed by atoms with Crippen LogP contribution in [0.5, 0.6) is 5.75 Å². The second-order valence-electron chi connectivity index (χ2n) is 6.24. The summed E-state index contributed by atoms with van der Waals surface area (Å²) in [6.45, 7) is 0. The molecular formula is C19H17FN4O2. The van der Waals surface area contributed by atoms with Crippen molar-refractivity contribution in [2.75, 3.05) is 12.4 Å². The molecule has 1 aliphatic rings. The molecule has 1 aromatic carbocycles. The van der Waals surface area contributed by atoms with Crippen molar-refractivity contribution in [1.29, 1.82) is 0 Å². The van der Waals surface area contributed by atoms with Crippen LogP contribution in [-0.2, 0) is 10.2 Å². The van der Waals surface area contributed by atoms with Crippen molar-refractivity contribution in [3.63, 3.8) is 0 Å². The van der Waals surface area contributed by atoms with Gasteiger partial charge in [0.05, 0.1) is 30.6 Å². The van der Waals surface area contributed by atoms with E-state index in [4.69, 9.17) is 4.74 Å². The Balaban J connectivity index is 1.56. The van der Waals surface area contributed by atoms with Crippen LogP contribution in [0.3, 0.4) is 0 Å². The van der Waals surface area contributed by atoms with E-state index in [1.165, 1.54) is 16.9 Å². The summed E-state index contributed by atoms with van der Waals surface area (Å²) < 4.78 is 20.2. The van der Waals surface area contributed by atoms with E-state index in [0.717, 1.165) is 24.6 Å². The number of aromatic nitrogens is 3. The first-order valence-electron chi connectivity index (χ1n) is 8.24. The summed E-state index contributed by atoms with van der Waals surface area (Å²) in [5.74, 6) is 0.540. The minimum atomic E-state index is -0.587. The van der Waals surface area contributed by atoms with Gasteiger partial charge >= 0.3 is 0 Å². The largest absolute Gasteiger partial charge is 0.496 e. The normalized spacial score (nSPS) is 14.7. The molecule has 1 saturated carbocycles. The number of pyridine rings is 1. The molecular weight excluding hydrogens is 335 g/mol. The maximum absolute atomic E-state index is 13.3. The van der Waals surface area contributed by atoms with Crippen molar-refractivity contribution < 1.29 is 13.9 Å². The third-order valence-electron chi connectivity index (χ3n) is 4.59. The topological polar surface area (TPSA) is 69.0 Å². The van der Waals surface area contributed by atoms with Crippen LogP contribution >= 0.6 is 0 Å². The molecule has 4 rings (SSSR count). The molecule has 1 aliphatic carbocycles.